The van der Waals surface area contributed by atoms with E-state index in [1.165, 1.54) is 16.9 Å². The van der Waals surface area contributed by atoms with Crippen LogP contribution in [-0.2, 0) is 0 Å². The van der Waals surface area contributed by atoms with Gasteiger partial charge >= 0.3 is 0 Å². The fourth-order valence-electron chi connectivity index (χ4n) is 3.62. The summed E-state index contributed by atoms with van der Waals surface area (Å²) in [4.78, 5) is 19.1. The molecule has 4 rings (SSSR count). The van der Waals surface area contributed by atoms with E-state index in [4.69, 9.17) is 0 Å². The number of nitrogens with one attached hydrogen (secondary N) is 2. The molecule has 0 bridgehead atoms. The number of carbonyl (C=O) groups is 1. The number of nitrogens with zero attached hydrogens (tertiary/aromatic N) is 3. The molecule has 2 N–H and O–H groups in total. The molecular formula is C20H23N5OS. The molecule has 1 amide bonds. The quantitative estimate of drug-likeness (QED) is 0.719. The first-order valence-electron chi connectivity index (χ1n) is 9.18. The summed E-state index contributed by atoms with van der Waals surface area (Å²) in [5.74, 6) is 0.262. The van der Waals surface area contributed by atoms with Gasteiger partial charge in [-0.1, -0.05) is 29.8 Å². The number of hydrogen-bond acceptors (Lipinski definition) is 5. The van der Waals surface area contributed by atoms with Crippen LogP contribution in [0, 0.1) is 6.92 Å². The van der Waals surface area contributed by atoms with E-state index in [2.05, 4.69) is 51.7 Å². The van der Waals surface area contributed by atoms with Crippen molar-refractivity contribution in [2.75, 3.05) is 25.5 Å². The number of anilines is 1. The van der Waals surface area contributed by atoms with Crippen LogP contribution in [0.3, 0.4) is 0 Å². The van der Waals surface area contributed by atoms with Crippen molar-refractivity contribution in [1.29, 1.82) is 0 Å². The van der Waals surface area contributed by atoms with E-state index in [9.17, 15) is 4.79 Å². The predicted octanol–water partition coefficient (Wildman–Crippen LogP) is 3.90. The topological polar surface area (TPSA) is 73.9 Å². The number of rotatable bonds is 4. The zero-order chi connectivity index (χ0) is 18.8. The van der Waals surface area contributed by atoms with Gasteiger partial charge in [0.25, 0.3) is 5.91 Å². The largest absolute Gasteiger partial charge is 0.365 e. The van der Waals surface area contributed by atoms with Gasteiger partial charge in [0.2, 0.25) is 0 Å². The van der Waals surface area contributed by atoms with Gasteiger partial charge in [0.05, 0.1) is 6.20 Å². The van der Waals surface area contributed by atoms with Crippen molar-refractivity contribution >= 4 is 22.4 Å². The Morgan fingerprint density at radius 3 is 2.89 bits per heavy atom. The minimum atomic E-state index is 0.00820. The van der Waals surface area contributed by atoms with E-state index in [1.807, 2.05) is 23.5 Å². The molecule has 7 heteroatoms. The van der Waals surface area contributed by atoms with E-state index < -0.39 is 0 Å². The summed E-state index contributed by atoms with van der Waals surface area (Å²) in [7, 11) is 1.81. The van der Waals surface area contributed by atoms with Gasteiger partial charge < -0.3 is 10.2 Å². The van der Waals surface area contributed by atoms with Crippen molar-refractivity contribution in [3.63, 3.8) is 0 Å². The van der Waals surface area contributed by atoms with Crippen LogP contribution >= 0.6 is 11.3 Å². The third-order valence-electron chi connectivity index (χ3n) is 5.09. The van der Waals surface area contributed by atoms with Crippen LogP contribution in [0.4, 0.5) is 5.13 Å². The number of thiazole rings is 1. The smallest absolute Gasteiger partial charge is 0.273 e. The molecular weight excluding hydrogens is 358 g/mol. The lowest BCUT2D eigenvalue weighted by atomic mass is 9.90. The number of benzene rings is 1. The molecule has 1 fully saturated rings. The standard InChI is InChI=1S/C20H23N5OS/c1-13-5-7-14(8-6-13)16-10-22-24-18(16)15-4-3-9-25(11-15)19(26)17-12-27-20(21-2)23-17/h5-8,10,12,15H,3-4,9,11H2,1-2H3,(H,21,23)(H,22,24). The Balaban J connectivity index is 1.54. The van der Waals surface area contributed by atoms with Crippen molar-refractivity contribution in [3.05, 3.63) is 52.8 Å². The monoisotopic (exact) mass is 381 g/mol. The second kappa shape index (κ2) is 7.52. The van der Waals surface area contributed by atoms with Crippen molar-refractivity contribution < 1.29 is 4.79 Å². The summed E-state index contributed by atoms with van der Waals surface area (Å²) >= 11 is 1.46. The average molecular weight is 382 g/mol. The molecule has 1 saturated heterocycles. The lowest BCUT2D eigenvalue weighted by molar-refractivity contribution is 0.0701. The number of aromatic amines is 1. The molecule has 1 aromatic carbocycles. The summed E-state index contributed by atoms with van der Waals surface area (Å²) < 4.78 is 0. The SMILES string of the molecule is CNc1nc(C(=O)N2CCCC(c3[nH]ncc3-c3ccc(C)cc3)C2)cs1. The highest BCUT2D eigenvalue weighted by molar-refractivity contribution is 7.13. The van der Waals surface area contributed by atoms with Crippen LogP contribution in [0.25, 0.3) is 11.1 Å². The number of aromatic nitrogens is 3. The molecule has 6 nitrogen and oxygen atoms in total. The summed E-state index contributed by atoms with van der Waals surface area (Å²) in [6.45, 7) is 3.55. The van der Waals surface area contributed by atoms with Gasteiger partial charge in [-0.3, -0.25) is 9.89 Å². The van der Waals surface area contributed by atoms with Crippen molar-refractivity contribution in [2.24, 2.45) is 0 Å². The van der Waals surface area contributed by atoms with Crippen LogP contribution in [0.1, 0.15) is 40.5 Å². The minimum absolute atomic E-state index is 0.00820. The second-order valence-corrected chi connectivity index (χ2v) is 7.80. The van der Waals surface area contributed by atoms with Gasteiger partial charge in [-0.05, 0) is 25.3 Å². The Labute approximate surface area is 162 Å². The Kier molecular flexibility index (Phi) is 4.94. The maximum absolute atomic E-state index is 12.9. The zero-order valence-electron chi connectivity index (χ0n) is 15.5. The van der Waals surface area contributed by atoms with Crippen molar-refractivity contribution in [2.45, 2.75) is 25.7 Å². The fraction of sp³-hybridized carbons (Fsp3) is 0.350. The van der Waals surface area contributed by atoms with E-state index >= 15 is 0 Å². The van der Waals surface area contributed by atoms with Crippen molar-refractivity contribution in [3.8, 4) is 11.1 Å². The number of H-pyrrole nitrogens is 1. The highest BCUT2D eigenvalue weighted by Crippen LogP contribution is 2.33. The molecule has 140 valence electrons. The lowest BCUT2D eigenvalue weighted by Crippen LogP contribution is -2.39. The van der Waals surface area contributed by atoms with Crippen LogP contribution < -0.4 is 5.32 Å². The van der Waals surface area contributed by atoms with Crippen LogP contribution in [-0.4, -0.2) is 46.1 Å². The molecule has 0 saturated carbocycles. The maximum Gasteiger partial charge on any atom is 0.273 e. The summed E-state index contributed by atoms with van der Waals surface area (Å²) in [6, 6.07) is 8.49. The highest BCUT2D eigenvalue weighted by Gasteiger charge is 2.29. The maximum atomic E-state index is 12.9. The molecule has 1 unspecified atom stereocenters. The summed E-state index contributed by atoms with van der Waals surface area (Å²) in [5.41, 5.74) is 5.16. The molecule has 27 heavy (non-hydrogen) atoms. The van der Waals surface area contributed by atoms with Crippen molar-refractivity contribution in [1.82, 2.24) is 20.1 Å². The first-order valence-corrected chi connectivity index (χ1v) is 10.1. The van der Waals surface area contributed by atoms with Crippen LogP contribution in [0.5, 0.6) is 0 Å². The minimum Gasteiger partial charge on any atom is -0.365 e. The zero-order valence-corrected chi connectivity index (χ0v) is 16.3. The molecule has 3 heterocycles. The molecule has 2 aromatic heterocycles. The lowest BCUT2D eigenvalue weighted by Gasteiger charge is -2.32. The highest BCUT2D eigenvalue weighted by atomic mass is 32.1. The third-order valence-corrected chi connectivity index (χ3v) is 5.95. The predicted molar refractivity (Wildman–Crippen MR) is 108 cm³/mol. The van der Waals surface area contributed by atoms with E-state index in [-0.39, 0.29) is 11.8 Å². The van der Waals surface area contributed by atoms with Gasteiger partial charge in [0.1, 0.15) is 5.69 Å². The molecule has 1 aliphatic rings. The van der Waals surface area contributed by atoms with Gasteiger partial charge in [-0.2, -0.15) is 5.10 Å². The number of hydrogen-bond donors (Lipinski definition) is 2. The average Bonchev–Trinajstić information content (AvgIpc) is 3.38. The Bertz CT molecular complexity index is 930. The van der Waals surface area contributed by atoms with E-state index in [0.29, 0.717) is 12.2 Å². The summed E-state index contributed by atoms with van der Waals surface area (Å²) in [5, 5.41) is 13.1. The number of aryl methyl sites for hydroxylation is 1. The Hall–Kier alpha value is -2.67. The van der Waals surface area contributed by atoms with E-state index in [0.717, 1.165) is 41.3 Å². The first kappa shape index (κ1) is 17.7. The second-order valence-electron chi connectivity index (χ2n) is 6.94. The summed E-state index contributed by atoms with van der Waals surface area (Å²) in [6.07, 6.45) is 3.91. The fourth-order valence-corrected chi connectivity index (χ4v) is 4.26. The normalized spacial score (nSPS) is 17.1. The van der Waals surface area contributed by atoms with Gasteiger partial charge in [-0.15, -0.1) is 11.3 Å². The molecule has 0 spiro atoms. The van der Waals surface area contributed by atoms with Crippen LogP contribution in [0.15, 0.2) is 35.8 Å². The number of carbonyl (C=O) groups excluding carboxylic acids is 1. The number of likely N-dealkylation sites (tertiary alicyclic amines) is 1. The number of piperidine rings is 1. The van der Waals surface area contributed by atoms with Gasteiger partial charge in [0.15, 0.2) is 5.13 Å². The molecule has 0 radical (unpaired) electrons. The third kappa shape index (κ3) is 3.60. The first-order chi connectivity index (χ1) is 13.2. The van der Waals surface area contributed by atoms with E-state index in [1.54, 1.807) is 0 Å². The molecule has 1 atom stereocenters. The molecule has 3 aromatic rings. The number of amides is 1. The molecule has 0 aliphatic carbocycles. The van der Waals surface area contributed by atoms with Crippen LogP contribution in [0.2, 0.25) is 0 Å². The molecule has 1 aliphatic heterocycles. The Morgan fingerprint density at radius 1 is 1.33 bits per heavy atom. The van der Waals surface area contributed by atoms with Gasteiger partial charge in [0, 0.05) is 42.7 Å². The Morgan fingerprint density at radius 2 is 2.15 bits per heavy atom. The van der Waals surface area contributed by atoms with Gasteiger partial charge in [-0.25, -0.2) is 4.98 Å².